The summed E-state index contributed by atoms with van der Waals surface area (Å²) in [6.45, 7) is 6.63. The van der Waals surface area contributed by atoms with E-state index in [-0.39, 0.29) is 17.7 Å². The van der Waals surface area contributed by atoms with Crippen molar-refractivity contribution < 1.29 is 9.32 Å². The molecule has 0 aliphatic heterocycles. The molecule has 30 heavy (non-hydrogen) atoms. The van der Waals surface area contributed by atoms with E-state index in [0.29, 0.717) is 30.5 Å². The molecular formula is C23H25N5O2. The van der Waals surface area contributed by atoms with Crippen molar-refractivity contribution in [3.05, 3.63) is 72.0 Å². The summed E-state index contributed by atoms with van der Waals surface area (Å²) < 4.78 is 7.06. The zero-order chi connectivity index (χ0) is 21.1. The first-order valence-corrected chi connectivity index (χ1v) is 10.0. The highest BCUT2D eigenvalue weighted by Crippen LogP contribution is 2.21. The highest BCUT2D eigenvalue weighted by Gasteiger charge is 2.21. The monoisotopic (exact) mass is 403 g/mol. The molecule has 0 saturated carbocycles. The van der Waals surface area contributed by atoms with Crippen molar-refractivity contribution in [2.24, 2.45) is 0 Å². The van der Waals surface area contributed by atoms with Crippen molar-refractivity contribution in [3.63, 3.8) is 0 Å². The fraction of sp³-hybridized carbons (Fsp3) is 0.304. The Bertz CT molecular complexity index is 1160. The zero-order valence-electron chi connectivity index (χ0n) is 17.4. The summed E-state index contributed by atoms with van der Waals surface area (Å²) >= 11 is 0. The van der Waals surface area contributed by atoms with E-state index < -0.39 is 0 Å². The van der Waals surface area contributed by atoms with E-state index in [4.69, 9.17) is 4.52 Å². The summed E-state index contributed by atoms with van der Waals surface area (Å²) in [6.07, 6.45) is 2.34. The molecule has 1 N–H and O–H groups in total. The number of aromatic nitrogens is 4. The van der Waals surface area contributed by atoms with Gasteiger partial charge in [0, 0.05) is 24.3 Å². The number of anilines is 1. The lowest BCUT2D eigenvalue weighted by Crippen LogP contribution is -2.17. The van der Waals surface area contributed by atoms with Crippen LogP contribution in [0.3, 0.4) is 0 Å². The molecule has 2 aromatic carbocycles. The molecule has 0 aliphatic carbocycles. The van der Waals surface area contributed by atoms with Crippen LogP contribution < -0.4 is 5.32 Å². The Morgan fingerprint density at radius 3 is 2.70 bits per heavy atom. The van der Waals surface area contributed by atoms with Gasteiger partial charge >= 0.3 is 0 Å². The van der Waals surface area contributed by atoms with Crippen molar-refractivity contribution in [3.8, 4) is 0 Å². The van der Waals surface area contributed by atoms with E-state index in [9.17, 15) is 4.79 Å². The Morgan fingerprint density at radius 1 is 1.10 bits per heavy atom. The summed E-state index contributed by atoms with van der Waals surface area (Å²) in [4.78, 5) is 16.8. The summed E-state index contributed by atoms with van der Waals surface area (Å²) in [6, 6.07) is 16.3. The van der Waals surface area contributed by atoms with Crippen LogP contribution in [0.15, 0.2) is 59.3 Å². The van der Waals surface area contributed by atoms with Gasteiger partial charge in [0.05, 0.1) is 12.7 Å². The fourth-order valence-corrected chi connectivity index (χ4v) is 3.24. The molecule has 0 radical (unpaired) electrons. The Balaban J connectivity index is 1.41. The van der Waals surface area contributed by atoms with Gasteiger partial charge < -0.3 is 9.84 Å². The van der Waals surface area contributed by atoms with Gasteiger partial charge in [0.25, 0.3) is 0 Å². The van der Waals surface area contributed by atoms with Crippen molar-refractivity contribution in [2.75, 3.05) is 5.32 Å². The number of hydrogen-bond acceptors (Lipinski definition) is 5. The van der Waals surface area contributed by atoms with Crippen LogP contribution >= 0.6 is 0 Å². The third-order valence-corrected chi connectivity index (χ3v) is 4.89. The molecule has 0 aliphatic rings. The van der Waals surface area contributed by atoms with Gasteiger partial charge in [-0.1, -0.05) is 68.4 Å². The number of carbonyl (C=O) groups excluding carboxylic acids is 1. The molecule has 4 aromatic rings. The Morgan fingerprint density at radius 2 is 1.90 bits per heavy atom. The number of nitrogens with one attached hydrogen (secondary N) is 1. The van der Waals surface area contributed by atoms with Crippen LogP contribution in [0.5, 0.6) is 0 Å². The number of rotatable bonds is 6. The van der Waals surface area contributed by atoms with Crippen LogP contribution in [-0.2, 0) is 23.2 Å². The number of aryl methyl sites for hydroxylation is 1. The van der Waals surface area contributed by atoms with E-state index in [2.05, 4.69) is 44.8 Å². The van der Waals surface area contributed by atoms with Crippen LogP contribution in [0.4, 0.5) is 5.82 Å². The molecule has 0 atom stereocenters. The first kappa shape index (κ1) is 19.8. The number of hydrogen-bond donors (Lipinski definition) is 1. The first-order chi connectivity index (χ1) is 14.4. The lowest BCUT2D eigenvalue weighted by atomic mass is 9.96. The maximum Gasteiger partial charge on any atom is 0.227 e. The number of nitrogens with zero attached hydrogens (tertiary/aromatic N) is 4. The first-order valence-electron chi connectivity index (χ1n) is 10.0. The average molecular weight is 403 g/mol. The number of carbonyl (C=O) groups is 1. The molecule has 7 heteroatoms. The second-order valence-corrected chi connectivity index (χ2v) is 8.32. The average Bonchev–Trinajstić information content (AvgIpc) is 3.36. The van der Waals surface area contributed by atoms with Crippen LogP contribution in [0.2, 0.25) is 0 Å². The second kappa shape index (κ2) is 8.10. The molecular weight excluding hydrogens is 378 g/mol. The van der Waals surface area contributed by atoms with Gasteiger partial charge in [0.2, 0.25) is 11.8 Å². The molecule has 0 unspecified atom stereocenters. The third-order valence-electron chi connectivity index (χ3n) is 4.89. The van der Waals surface area contributed by atoms with Gasteiger partial charge in [-0.2, -0.15) is 10.1 Å². The van der Waals surface area contributed by atoms with E-state index in [1.807, 2.05) is 39.0 Å². The van der Waals surface area contributed by atoms with Crippen molar-refractivity contribution in [1.82, 2.24) is 19.9 Å². The van der Waals surface area contributed by atoms with Crippen molar-refractivity contribution in [1.29, 1.82) is 0 Å². The van der Waals surface area contributed by atoms with E-state index in [0.717, 1.165) is 5.56 Å². The Labute approximate surface area is 175 Å². The molecule has 0 fully saturated rings. The molecule has 154 valence electrons. The summed E-state index contributed by atoms with van der Waals surface area (Å²) in [7, 11) is 0. The lowest BCUT2D eigenvalue weighted by molar-refractivity contribution is -0.116. The highest BCUT2D eigenvalue weighted by molar-refractivity contribution is 5.90. The van der Waals surface area contributed by atoms with Gasteiger partial charge in [0.1, 0.15) is 5.82 Å². The van der Waals surface area contributed by atoms with Crippen molar-refractivity contribution in [2.45, 2.75) is 45.6 Å². The highest BCUT2D eigenvalue weighted by atomic mass is 16.5. The molecule has 2 aromatic heterocycles. The van der Waals surface area contributed by atoms with Crippen LogP contribution in [0.25, 0.3) is 10.8 Å². The van der Waals surface area contributed by atoms with Crippen LogP contribution in [0.1, 0.15) is 44.5 Å². The van der Waals surface area contributed by atoms with Crippen LogP contribution in [-0.4, -0.2) is 25.8 Å². The summed E-state index contributed by atoms with van der Waals surface area (Å²) in [5.74, 6) is 1.66. The lowest BCUT2D eigenvalue weighted by Gasteiger charge is -2.11. The minimum Gasteiger partial charge on any atom is -0.339 e. The van der Waals surface area contributed by atoms with Gasteiger partial charge in [-0.3, -0.25) is 4.79 Å². The molecule has 0 saturated heterocycles. The standard InChI is InChI=1S/C23H25N5O2/c1-23(2,3)22-26-21(30-27-22)12-11-20(29)25-19-13-14-24-28(19)15-17-9-6-8-16-7-4-5-10-18(16)17/h4-10,13-14H,11-12,15H2,1-3H3,(H,25,29). The van der Waals surface area contributed by atoms with Gasteiger partial charge in [-0.05, 0) is 16.3 Å². The third kappa shape index (κ3) is 4.40. The van der Waals surface area contributed by atoms with Crippen LogP contribution in [0, 0.1) is 0 Å². The largest absolute Gasteiger partial charge is 0.339 e. The summed E-state index contributed by atoms with van der Waals surface area (Å²) in [5, 5.41) is 13.7. The maximum atomic E-state index is 12.5. The van der Waals surface area contributed by atoms with Gasteiger partial charge in [-0.25, -0.2) is 4.68 Å². The quantitative estimate of drug-likeness (QED) is 0.518. The van der Waals surface area contributed by atoms with E-state index >= 15 is 0 Å². The van der Waals surface area contributed by atoms with Gasteiger partial charge in [-0.15, -0.1) is 0 Å². The summed E-state index contributed by atoms with van der Waals surface area (Å²) in [5.41, 5.74) is 0.964. The topological polar surface area (TPSA) is 85.8 Å². The SMILES string of the molecule is CC(C)(C)c1noc(CCC(=O)Nc2ccnn2Cc2cccc3ccccc23)n1. The van der Waals surface area contributed by atoms with Gasteiger partial charge in [0.15, 0.2) is 5.82 Å². The van der Waals surface area contributed by atoms with E-state index in [1.165, 1.54) is 10.8 Å². The predicted octanol–water partition coefficient (Wildman–Crippen LogP) is 4.34. The molecule has 2 heterocycles. The minimum absolute atomic E-state index is 0.120. The number of fused-ring (bicyclic) bond motifs is 1. The van der Waals surface area contributed by atoms with E-state index in [1.54, 1.807) is 16.9 Å². The molecule has 0 bridgehead atoms. The fourth-order valence-electron chi connectivity index (χ4n) is 3.24. The predicted molar refractivity (Wildman–Crippen MR) is 115 cm³/mol. The second-order valence-electron chi connectivity index (χ2n) is 8.32. The number of amides is 1. The molecule has 1 amide bonds. The maximum absolute atomic E-state index is 12.5. The number of benzene rings is 2. The Kier molecular flexibility index (Phi) is 5.35. The zero-order valence-corrected chi connectivity index (χ0v) is 17.4. The van der Waals surface area contributed by atoms with Crippen molar-refractivity contribution >= 4 is 22.5 Å². The smallest absolute Gasteiger partial charge is 0.227 e. The minimum atomic E-state index is -0.182. The molecule has 0 spiro atoms. The Hall–Kier alpha value is -3.48. The molecule has 4 rings (SSSR count). The molecule has 7 nitrogen and oxygen atoms in total. The normalized spacial score (nSPS) is 11.7.